The molecule has 3 N–H and O–H groups in total. The fraction of sp³-hybridized carbons (Fsp3) is 0.636. The van der Waals surface area contributed by atoms with Crippen LogP contribution in [-0.2, 0) is 14.3 Å². The molecule has 1 aliphatic heterocycles. The van der Waals surface area contributed by atoms with Crippen LogP contribution >= 0.6 is 11.6 Å². The topological polar surface area (TPSA) is 132 Å². The molecule has 0 saturated carbocycles. The summed E-state index contributed by atoms with van der Waals surface area (Å²) in [6.45, 7) is 2.04. The fourth-order valence-electron chi connectivity index (χ4n) is 3.74. The lowest BCUT2D eigenvalue weighted by atomic mass is 9.99. The van der Waals surface area contributed by atoms with E-state index in [0.29, 0.717) is 17.8 Å². The van der Waals surface area contributed by atoms with E-state index in [2.05, 4.69) is 33.1 Å². The number of unbranched alkanes of at least 4 members (excludes halogenated alkanes) is 5. The van der Waals surface area contributed by atoms with Gasteiger partial charge >= 0.3 is 0 Å². The summed E-state index contributed by atoms with van der Waals surface area (Å²) in [7, 11) is 0. The summed E-state index contributed by atoms with van der Waals surface area (Å²) in [6.07, 6.45) is 12.0. The maximum Gasteiger partial charge on any atom is 0.251 e. The first-order chi connectivity index (χ1) is 15.9. The Labute approximate surface area is 197 Å². The van der Waals surface area contributed by atoms with Crippen molar-refractivity contribution in [3.05, 3.63) is 11.6 Å². The average Bonchev–Trinajstić information content (AvgIpc) is 3.36. The summed E-state index contributed by atoms with van der Waals surface area (Å²) < 4.78 is 12.7. The van der Waals surface area contributed by atoms with E-state index in [1.807, 2.05) is 0 Å². The second kappa shape index (κ2) is 11.7. The molecule has 1 fully saturated rings. The third-order valence-electron chi connectivity index (χ3n) is 5.63. The summed E-state index contributed by atoms with van der Waals surface area (Å²) in [6, 6.07) is 0. The standard InChI is InChI=1S/C22H30ClN5O5/c1-3-5-6-7-8-9-10-32-12-16(31)25-19-18-20(27-21(23)26-19)28(14-24-18)17-11-15(30)22(4-2,13-29)33-17/h2,14-15,17,29-30H,3,5-13H2,1H3,(H,25,26,27,31)/t15-,17+,22+/m0/s1. The average molecular weight is 480 g/mol. The zero-order chi connectivity index (χ0) is 23.8. The number of aromatic nitrogens is 4. The van der Waals surface area contributed by atoms with Crippen molar-refractivity contribution >= 4 is 34.5 Å². The van der Waals surface area contributed by atoms with Crippen LogP contribution in [0.3, 0.4) is 0 Å². The molecule has 2 aromatic rings. The lowest BCUT2D eigenvalue weighted by Crippen LogP contribution is -2.41. The van der Waals surface area contributed by atoms with Crippen molar-refractivity contribution in [2.24, 2.45) is 0 Å². The molecule has 3 atom stereocenters. The van der Waals surface area contributed by atoms with Gasteiger partial charge in [0.05, 0.1) is 12.9 Å². The van der Waals surface area contributed by atoms with E-state index in [4.69, 9.17) is 27.5 Å². The van der Waals surface area contributed by atoms with Crippen LogP contribution in [0.1, 0.15) is 58.1 Å². The molecule has 0 spiro atoms. The number of rotatable bonds is 12. The molecule has 0 aliphatic carbocycles. The number of halogens is 1. The molecule has 33 heavy (non-hydrogen) atoms. The number of amides is 1. The fourth-order valence-corrected chi connectivity index (χ4v) is 3.91. The highest BCUT2D eigenvalue weighted by Gasteiger charge is 2.47. The Morgan fingerprint density at radius 3 is 2.85 bits per heavy atom. The highest BCUT2D eigenvalue weighted by Crippen LogP contribution is 2.38. The predicted molar refractivity (Wildman–Crippen MR) is 123 cm³/mol. The minimum absolute atomic E-state index is 0.100. The second-order valence-electron chi connectivity index (χ2n) is 8.05. The molecule has 3 rings (SSSR count). The van der Waals surface area contributed by atoms with Gasteiger partial charge in [0.2, 0.25) is 5.28 Å². The van der Waals surface area contributed by atoms with Gasteiger partial charge in [-0.1, -0.05) is 44.9 Å². The van der Waals surface area contributed by atoms with Gasteiger partial charge in [-0.15, -0.1) is 6.42 Å². The van der Waals surface area contributed by atoms with Crippen LogP contribution in [-0.4, -0.2) is 67.2 Å². The van der Waals surface area contributed by atoms with Crippen LogP contribution in [0.4, 0.5) is 5.82 Å². The van der Waals surface area contributed by atoms with Gasteiger partial charge in [-0.2, -0.15) is 9.97 Å². The first kappa shape index (κ1) is 25.3. The van der Waals surface area contributed by atoms with E-state index < -0.39 is 24.5 Å². The Morgan fingerprint density at radius 2 is 2.15 bits per heavy atom. The number of ether oxygens (including phenoxy) is 2. The highest BCUT2D eigenvalue weighted by atomic mass is 35.5. The first-order valence-corrected chi connectivity index (χ1v) is 11.5. The summed E-state index contributed by atoms with van der Waals surface area (Å²) in [5.74, 6) is 2.08. The first-order valence-electron chi connectivity index (χ1n) is 11.2. The van der Waals surface area contributed by atoms with Crippen molar-refractivity contribution in [1.82, 2.24) is 19.5 Å². The molecule has 2 aromatic heterocycles. The second-order valence-corrected chi connectivity index (χ2v) is 8.39. The van der Waals surface area contributed by atoms with Crippen LogP contribution in [0.2, 0.25) is 5.28 Å². The lowest BCUT2D eigenvalue weighted by Gasteiger charge is -2.23. The maximum absolute atomic E-state index is 12.3. The Balaban J connectivity index is 1.62. The smallest absolute Gasteiger partial charge is 0.251 e. The number of aliphatic hydroxyl groups is 2. The van der Waals surface area contributed by atoms with Crippen molar-refractivity contribution in [3.8, 4) is 12.3 Å². The van der Waals surface area contributed by atoms with Gasteiger partial charge < -0.3 is 25.0 Å². The normalized spacial score (nSPS) is 22.5. The molecule has 11 heteroatoms. The van der Waals surface area contributed by atoms with Crippen molar-refractivity contribution in [1.29, 1.82) is 0 Å². The summed E-state index contributed by atoms with van der Waals surface area (Å²) in [5, 5.41) is 22.4. The molecular weight excluding hydrogens is 450 g/mol. The van der Waals surface area contributed by atoms with Crippen LogP contribution in [0, 0.1) is 12.3 Å². The van der Waals surface area contributed by atoms with E-state index in [0.717, 1.165) is 12.8 Å². The molecule has 10 nitrogen and oxygen atoms in total. The van der Waals surface area contributed by atoms with Gasteiger partial charge in [-0.05, 0) is 18.0 Å². The SMILES string of the molecule is C#C[C@]1(CO)O[C@@H](n2cnc3c(NC(=O)COCCCCCCCC)nc(Cl)nc32)C[C@@H]1O. The largest absolute Gasteiger partial charge is 0.392 e. The number of nitrogens with zero attached hydrogens (tertiary/aromatic N) is 4. The molecule has 1 aliphatic rings. The van der Waals surface area contributed by atoms with Crippen molar-refractivity contribution in [3.63, 3.8) is 0 Å². The van der Waals surface area contributed by atoms with Crippen molar-refractivity contribution < 1.29 is 24.5 Å². The van der Waals surface area contributed by atoms with Crippen LogP contribution in [0.25, 0.3) is 11.2 Å². The molecule has 0 unspecified atom stereocenters. The van der Waals surface area contributed by atoms with Gasteiger partial charge in [0.25, 0.3) is 5.91 Å². The Bertz CT molecular complexity index is 993. The van der Waals surface area contributed by atoms with Gasteiger partial charge in [-0.3, -0.25) is 9.36 Å². The number of hydrogen-bond donors (Lipinski definition) is 3. The molecule has 0 aromatic carbocycles. The van der Waals surface area contributed by atoms with Gasteiger partial charge in [0.1, 0.15) is 18.9 Å². The van der Waals surface area contributed by atoms with E-state index in [9.17, 15) is 15.0 Å². The number of aliphatic hydroxyl groups excluding tert-OH is 2. The number of terminal acetylenes is 1. The van der Waals surface area contributed by atoms with Gasteiger partial charge in [-0.25, -0.2) is 4.98 Å². The number of hydrogen-bond acceptors (Lipinski definition) is 8. The van der Waals surface area contributed by atoms with Crippen LogP contribution in [0.5, 0.6) is 0 Å². The predicted octanol–water partition coefficient (Wildman–Crippen LogP) is 2.44. The number of anilines is 1. The van der Waals surface area contributed by atoms with E-state index in [1.54, 1.807) is 0 Å². The number of imidazole rings is 1. The molecule has 0 bridgehead atoms. The lowest BCUT2D eigenvalue weighted by molar-refractivity contribution is -0.120. The minimum atomic E-state index is -1.51. The third-order valence-corrected chi connectivity index (χ3v) is 5.80. The molecule has 1 saturated heterocycles. The monoisotopic (exact) mass is 479 g/mol. The van der Waals surface area contributed by atoms with E-state index in [1.165, 1.54) is 36.6 Å². The third kappa shape index (κ3) is 5.99. The van der Waals surface area contributed by atoms with Gasteiger partial charge in [0, 0.05) is 13.0 Å². The molecule has 1 amide bonds. The number of carbonyl (C=O) groups excluding carboxylic acids is 1. The van der Waals surface area contributed by atoms with Gasteiger partial charge in [0.15, 0.2) is 22.6 Å². The zero-order valence-corrected chi connectivity index (χ0v) is 19.4. The highest BCUT2D eigenvalue weighted by molar-refractivity contribution is 6.28. The van der Waals surface area contributed by atoms with Crippen LogP contribution in [0.15, 0.2) is 6.33 Å². The Hall–Kier alpha value is -2.29. The number of nitrogens with one attached hydrogen (secondary N) is 1. The van der Waals surface area contributed by atoms with E-state index in [-0.39, 0.29) is 30.0 Å². The molecule has 3 heterocycles. The van der Waals surface area contributed by atoms with Crippen LogP contribution < -0.4 is 5.32 Å². The van der Waals surface area contributed by atoms with Crippen molar-refractivity contribution in [2.75, 3.05) is 25.1 Å². The van der Waals surface area contributed by atoms with E-state index >= 15 is 0 Å². The summed E-state index contributed by atoms with van der Waals surface area (Å²) >= 11 is 6.07. The maximum atomic E-state index is 12.3. The summed E-state index contributed by atoms with van der Waals surface area (Å²) in [5.41, 5.74) is -0.923. The van der Waals surface area contributed by atoms with Crippen molar-refractivity contribution in [2.45, 2.75) is 69.8 Å². The Kier molecular flexibility index (Phi) is 9.00. The quantitative estimate of drug-likeness (QED) is 0.240. The number of fused-ring (bicyclic) bond motifs is 1. The molecule has 180 valence electrons. The number of carbonyl (C=O) groups is 1. The summed E-state index contributed by atoms with van der Waals surface area (Å²) in [4.78, 5) is 24.9. The molecule has 0 radical (unpaired) electrons. The molecular formula is C22H30ClN5O5. The minimum Gasteiger partial charge on any atom is -0.392 e. The zero-order valence-electron chi connectivity index (χ0n) is 18.7. The Morgan fingerprint density at radius 1 is 1.39 bits per heavy atom.